The van der Waals surface area contributed by atoms with Gasteiger partial charge in [-0.05, 0) is 55.3 Å². The van der Waals surface area contributed by atoms with Crippen LogP contribution in [0.15, 0.2) is 40.9 Å². The molecule has 0 unspecified atom stereocenters. The minimum atomic E-state index is -0.604. The van der Waals surface area contributed by atoms with Gasteiger partial charge in [0.2, 0.25) is 5.91 Å². The lowest BCUT2D eigenvalue weighted by atomic mass is 10.1. The van der Waals surface area contributed by atoms with Crippen LogP contribution in [0.4, 0.5) is 11.4 Å². The number of amides is 2. The fraction of sp³-hybridized carbons (Fsp3) is 0.286. The molecule has 152 valence electrons. The van der Waals surface area contributed by atoms with Crippen LogP contribution in [0.3, 0.4) is 0 Å². The van der Waals surface area contributed by atoms with Crippen LogP contribution >= 0.6 is 27.5 Å². The molecule has 0 aromatic heterocycles. The Hall–Kier alpha value is -2.38. The zero-order valence-electron chi connectivity index (χ0n) is 16.0. The Labute approximate surface area is 182 Å². The molecule has 29 heavy (non-hydrogen) atoms. The summed E-state index contributed by atoms with van der Waals surface area (Å²) < 4.78 is 5.90. The Bertz CT molecular complexity index is 959. The third-order valence-corrected chi connectivity index (χ3v) is 5.33. The molecule has 1 aliphatic heterocycles. The van der Waals surface area contributed by atoms with Crippen LogP contribution in [0.1, 0.15) is 17.5 Å². The number of halogens is 2. The molecule has 0 radical (unpaired) electrons. The molecular formula is C21H20BrClN2O4. The number of hydrogen-bond donors (Lipinski definition) is 1. The fourth-order valence-electron chi connectivity index (χ4n) is 3.25. The summed E-state index contributed by atoms with van der Waals surface area (Å²) in [6, 6.07) is 10.9. The van der Waals surface area contributed by atoms with Crippen molar-refractivity contribution < 1.29 is 19.1 Å². The second-order valence-corrected chi connectivity index (χ2v) is 8.35. The van der Waals surface area contributed by atoms with Crippen molar-refractivity contribution >= 4 is 56.7 Å². The molecule has 0 bridgehead atoms. The summed E-state index contributed by atoms with van der Waals surface area (Å²) in [6.45, 7) is 3.71. The van der Waals surface area contributed by atoms with E-state index in [-0.39, 0.29) is 18.9 Å². The Kier molecular flexibility index (Phi) is 6.59. The maximum atomic E-state index is 12.4. The van der Waals surface area contributed by atoms with E-state index in [1.165, 1.54) is 0 Å². The molecule has 1 atom stereocenters. The largest absolute Gasteiger partial charge is 0.455 e. The minimum absolute atomic E-state index is 0.0615. The van der Waals surface area contributed by atoms with Gasteiger partial charge in [-0.25, -0.2) is 0 Å². The zero-order valence-corrected chi connectivity index (χ0v) is 18.3. The van der Waals surface area contributed by atoms with Crippen LogP contribution in [0.25, 0.3) is 0 Å². The van der Waals surface area contributed by atoms with E-state index < -0.39 is 24.4 Å². The Morgan fingerprint density at radius 1 is 1.21 bits per heavy atom. The summed E-state index contributed by atoms with van der Waals surface area (Å²) in [4.78, 5) is 38.4. The van der Waals surface area contributed by atoms with E-state index in [2.05, 4.69) is 21.2 Å². The van der Waals surface area contributed by atoms with E-state index in [0.29, 0.717) is 10.7 Å². The van der Waals surface area contributed by atoms with E-state index in [0.717, 1.165) is 21.3 Å². The maximum Gasteiger partial charge on any atom is 0.311 e. The first kappa shape index (κ1) is 21.3. The summed E-state index contributed by atoms with van der Waals surface area (Å²) in [7, 11) is 0. The van der Waals surface area contributed by atoms with Crippen LogP contribution in [-0.4, -0.2) is 30.9 Å². The molecule has 2 amide bonds. The lowest BCUT2D eigenvalue weighted by Gasteiger charge is -2.18. The molecule has 0 spiro atoms. The Morgan fingerprint density at radius 2 is 1.90 bits per heavy atom. The molecular weight excluding hydrogens is 460 g/mol. The number of benzene rings is 2. The molecule has 1 N–H and O–H groups in total. The number of carbonyl (C=O) groups is 3. The zero-order chi connectivity index (χ0) is 21.1. The van der Waals surface area contributed by atoms with Gasteiger partial charge in [0.15, 0.2) is 6.61 Å². The standard InChI is InChI=1S/C21H20BrClN2O4/c1-12-5-13(2)7-16(6-12)25-10-14(8-20(25)27)21(28)29-11-19(26)24-18-4-3-15(22)9-17(18)23/h3-7,9,14H,8,10-11H2,1-2H3,(H,24,26)/t14-/m1/s1. The summed E-state index contributed by atoms with van der Waals surface area (Å²) >= 11 is 9.34. The van der Waals surface area contributed by atoms with E-state index in [1.54, 1.807) is 23.1 Å². The van der Waals surface area contributed by atoms with Gasteiger partial charge in [-0.3, -0.25) is 14.4 Å². The molecule has 8 heteroatoms. The number of aryl methyl sites for hydroxylation is 2. The second kappa shape index (κ2) is 8.97. The van der Waals surface area contributed by atoms with Crippen molar-refractivity contribution in [2.45, 2.75) is 20.3 Å². The summed E-state index contributed by atoms with van der Waals surface area (Å²) in [5.41, 5.74) is 3.28. The average molecular weight is 480 g/mol. The van der Waals surface area contributed by atoms with Gasteiger partial charge < -0.3 is 15.0 Å². The van der Waals surface area contributed by atoms with Crippen molar-refractivity contribution in [2.75, 3.05) is 23.4 Å². The van der Waals surface area contributed by atoms with Crippen LogP contribution in [0, 0.1) is 19.8 Å². The van der Waals surface area contributed by atoms with Crippen LogP contribution in [0.5, 0.6) is 0 Å². The Morgan fingerprint density at radius 3 is 2.55 bits per heavy atom. The number of ether oxygens (including phenoxy) is 1. The molecule has 2 aromatic carbocycles. The van der Waals surface area contributed by atoms with Crippen molar-refractivity contribution in [2.24, 2.45) is 5.92 Å². The van der Waals surface area contributed by atoms with Crippen LogP contribution in [0.2, 0.25) is 5.02 Å². The second-order valence-electron chi connectivity index (χ2n) is 7.03. The third kappa shape index (κ3) is 5.36. The first-order valence-corrected chi connectivity index (χ1v) is 10.2. The number of esters is 1. The van der Waals surface area contributed by atoms with Gasteiger partial charge in [0.25, 0.3) is 5.91 Å². The summed E-state index contributed by atoms with van der Waals surface area (Å²) in [6.07, 6.45) is 0.0615. The highest BCUT2D eigenvalue weighted by Crippen LogP contribution is 2.28. The predicted molar refractivity (Wildman–Crippen MR) is 115 cm³/mol. The van der Waals surface area contributed by atoms with Crippen molar-refractivity contribution in [3.05, 3.63) is 57.0 Å². The lowest BCUT2D eigenvalue weighted by Crippen LogP contribution is -2.28. The third-order valence-electron chi connectivity index (χ3n) is 4.53. The average Bonchev–Trinajstić information content (AvgIpc) is 3.03. The molecule has 6 nitrogen and oxygen atoms in total. The van der Waals surface area contributed by atoms with Gasteiger partial charge in [-0.2, -0.15) is 0 Å². The first-order valence-electron chi connectivity index (χ1n) is 9.03. The van der Waals surface area contributed by atoms with Crippen LogP contribution in [-0.2, 0) is 19.1 Å². The van der Waals surface area contributed by atoms with E-state index >= 15 is 0 Å². The normalized spacial score (nSPS) is 16.1. The van der Waals surface area contributed by atoms with Crippen molar-refractivity contribution in [3.8, 4) is 0 Å². The molecule has 0 aliphatic carbocycles. The molecule has 3 rings (SSSR count). The molecule has 2 aromatic rings. The highest BCUT2D eigenvalue weighted by molar-refractivity contribution is 9.10. The maximum absolute atomic E-state index is 12.4. The van der Waals surface area contributed by atoms with Gasteiger partial charge in [0, 0.05) is 23.1 Å². The number of nitrogens with one attached hydrogen (secondary N) is 1. The number of rotatable bonds is 5. The van der Waals surface area contributed by atoms with E-state index in [1.807, 2.05) is 32.0 Å². The summed E-state index contributed by atoms with van der Waals surface area (Å²) in [5, 5.41) is 2.96. The first-order chi connectivity index (χ1) is 13.7. The van der Waals surface area contributed by atoms with Crippen molar-refractivity contribution in [1.82, 2.24) is 0 Å². The molecule has 0 saturated carbocycles. The monoisotopic (exact) mass is 478 g/mol. The number of carbonyl (C=O) groups excluding carboxylic acids is 3. The summed E-state index contributed by atoms with van der Waals surface area (Å²) in [5.74, 6) is -1.81. The van der Waals surface area contributed by atoms with Gasteiger partial charge in [0.1, 0.15) is 0 Å². The Balaban J connectivity index is 1.56. The molecule has 1 fully saturated rings. The molecule has 1 aliphatic rings. The van der Waals surface area contributed by atoms with Gasteiger partial charge in [0.05, 0.1) is 16.6 Å². The van der Waals surface area contributed by atoms with Crippen molar-refractivity contribution in [1.29, 1.82) is 0 Å². The predicted octanol–water partition coefficient (Wildman–Crippen LogP) is 4.25. The minimum Gasteiger partial charge on any atom is -0.455 e. The smallest absolute Gasteiger partial charge is 0.311 e. The fourth-order valence-corrected chi connectivity index (χ4v) is 3.97. The quantitative estimate of drug-likeness (QED) is 0.651. The SMILES string of the molecule is Cc1cc(C)cc(N2C[C@H](C(=O)OCC(=O)Nc3ccc(Br)cc3Cl)CC2=O)c1. The van der Waals surface area contributed by atoms with Gasteiger partial charge >= 0.3 is 5.97 Å². The van der Waals surface area contributed by atoms with Crippen molar-refractivity contribution in [3.63, 3.8) is 0 Å². The molecule has 1 heterocycles. The topological polar surface area (TPSA) is 75.7 Å². The number of hydrogen-bond acceptors (Lipinski definition) is 4. The van der Waals surface area contributed by atoms with E-state index in [4.69, 9.17) is 16.3 Å². The van der Waals surface area contributed by atoms with Gasteiger partial charge in [-0.15, -0.1) is 0 Å². The van der Waals surface area contributed by atoms with Gasteiger partial charge in [-0.1, -0.05) is 33.6 Å². The van der Waals surface area contributed by atoms with E-state index in [9.17, 15) is 14.4 Å². The van der Waals surface area contributed by atoms with Crippen LogP contribution < -0.4 is 10.2 Å². The highest BCUT2D eigenvalue weighted by atomic mass is 79.9. The number of nitrogens with zero attached hydrogens (tertiary/aromatic N) is 1. The highest BCUT2D eigenvalue weighted by Gasteiger charge is 2.36. The lowest BCUT2D eigenvalue weighted by molar-refractivity contribution is -0.151. The molecule has 1 saturated heterocycles. The number of anilines is 2.